The molecule has 116 valence electrons. The Balaban J connectivity index is 2.82. The van der Waals surface area contributed by atoms with Crippen LogP contribution in [-0.2, 0) is 16.1 Å². The molecule has 1 aromatic carbocycles. The first-order valence-electron chi connectivity index (χ1n) is 7.63. The zero-order valence-corrected chi connectivity index (χ0v) is 13.4. The fourth-order valence-corrected chi connectivity index (χ4v) is 2.03. The average molecular weight is 290 g/mol. The number of nitrogens with one attached hydrogen (secondary N) is 1. The second-order valence-electron chi connectivity index (χ2n) is 5.35. The predicted octanol–water partition coefficient (Wildman–Crippen LogP) is 2.73. The fourth-order valence-electron chi connectivity index (χ4n) is 2.03. The molecule has 21 heavy (non-hydrogen) atoms. The minimum absolute atomic E-state index is 0.00865. The summed E-state index contributed by atoms with van der Waals surface area (Å²) in [6.07, 6.45) is 1.27. The smallest absolute Gasteiger partial charge is 0.242 e. The van der Waals surface area contributed by atoms with Crippen LogP contribution in [0.15, 0.2) is 30.3 Å². The first kappa shape index (κ1) is 17.2. The monoisotopic (exact) mass is 290 g/mol. The summed E-state index contributed by atoms with van der Waals surface area (Å²) in [7, 11) is 0. The molecule has 0 saturated carbocycles. The summed E-state index contributed by atoms with van der Waals surface area (Å²) < 4.78 is 0. The van der Waals surface area contributed by atoms with E-state index in [9.17, 15) is 9.59 Å². The van der Waals surface area contributed by atoms with Gasteiger partial charge in [-0.1, -0.05) is 44.2 Å². The predicted molar refractivity (Wildman–Crippen MR) is 84.6 cm³/mol. The van der Waals surface area contributed by atoms with Gasteiger partial charge in [-0.3, -0.25) is 9.59 Å². The summed E-state index contributed by atoms with van der Waals surface area (Å²) in [5.41, 5.74) is 1.03. The van der Waals surface area contributed by atoms with Gasteiger partial charge in [0.25, 0.3) is 0 Å². The van der Waals surface area contributed by atoms with E-state index >= 15 is 0 Å². The lowest BCUT2D eigenvalue weighted by atomic mass is 10.1. The van der Waals surface area contributed by atoms with Crippen molar-refractivity contribution < 1.29 is 9.59 Å². The first-order chi connectivity index (χ1) is 9.99. The van der Waals surface area contributed by atoms with Crippen molar-refractivity contribution >= 4 is 11.8 Å². The highest BCUT2D eigenvalue weighted by Crippen LogP contribution is 2.11. The van der Waals surface area contributed by atoms with Crippen molar-refractivity contribution in [3.63, 3.8) is 0 Å². The highest BCUT2D eigenvalue weighted by atomic mass is 16.2. The van der Waals surface area contributed by atoms with Gasteiger partial charge in [-0.05, 0) is 25.8 Å². The molecule has 0 aliphatic heterocycles. The van der Waals surface area contributed by atoms with Gasteiger partial charge in [0, 0.05) is 19.0 Å². The van der Waals surface area contributed by atoms with Gasteiger partial charge < -0.3 is 10.2 Å². The Morgan fingerprint density at radius 2 is 1.76 bits per heavy atom. The second kappa shape index (κ2) is 8.45. The molecule has 2 atom stereocenters. The molecule has 0 fully saturated rings. The van der Waals surface area contributed by atoms with E-state index in [-0.39, 0.29) is 17.9 Å². The van der Waals surface area contributed by atoms with Gasteiger partial charge in [0.1, 0.15) is 6.04 Å². The largest absolute Gasteiger partial charge is 0.352 e. The van der Waals surface area contributed by atoms with E-state index in [2.05, 4.69) is 5.32 Å². The Bertz CT molecular complexity index is 459. The van der Waals surface area contributed by atoms with Crippen molar-refractivity contribution in [2.24, 2.45) is 0 Å². The van der Waals surface area contributed by atoms with Crippen LogP contribution in [-0.4, -0.2) is 28.8 Å². The zero-order chi connectivity index (χ0) is 15.8. The lowest BCUT2D eigenvalue weighted by Crippen LogP contribution is -2.49. The molecule has 0 aromatic heterocycles. The number of rotatable bonds is 7. The topological polar surface area (TPSA) is 49.4 Å². The molecule has 1 aromatic rings. The minimum Gasteiger partial charge on any atom is -0.352 e. The van der Waals surface area contributed by atoms with Crippen LogP contribution in [0.2, 0.25) is 0 Å². The third kappa shape index (κ3) is 5.21. The van der Waals surface area contributed by atoms with Gasteiger partial charge in [0.2, 0.25) is 11.8 Å². The number of benzene rings is 1. The van der Waals surface area contributed by atoms with Crippen molar-refractivity contribution in [2.45, 2.75) is 59.2 Å². The van der Waals surface area contributed by atoms with Crippen LogP contribution in [0, 0.1) is 0 Å². The molecule has 0 unspecified atom stereocenters. The van der Waals surface area contributed by atoms with Crippen LogP contribution < -0.4 is 5.32 Å². The molecule has 1 rings (SSSR count). The molecule has 2 amide bonds. The van der Waals surface area contributed by atoms with Crippen molar-refractivity contribution in [1.29, 1.82) is 0 Å². The Morgan fingerprint density at radius 1 is 1.14 bits per heavy atom. The normalized spacial score (nSPS) is 13.3. The summed E-state index contributed by atoms with van der Waals surface area (Å²) in [6.45, 7) is 8.05. The Labute approximate surface area is 127 Å². The highest BCUT2D eigenvalue weighted by molar-refractivity contribution is 5.87. The molecule has 0 bridgehead atoms. The maximum absolute atomic E-state index is 12.3. The van der Waals surface area contributed by atoms with E-state index in [1.807, 2.05) is 51.1 Å². The summed E-state index contributed by atoms with van der Waals surface area (Å²) in [5, 5.41) is 2.94. The van der Waals surface area contributed by atoms with Gasteiger partial charge in [0.05, 0.1) is 0 Å². The van der Waals surface area contributed by atoms with Crippen LogP contribution in [0.5, 0.6) is 0 Å². The van der Waals surface area contributed by atoms with Crippen molar-refractivity contribution in [1.82, 2.24) is 10.2 Å². The summed E-state index contributed by atoms with van der Waals surface area (Å²) in [6, 6.07) is 9.41. The van der Waals surface area contributed by atoms with Gasteiger partial charge >= 0.3 is 0 Å². The first-order valence-corrected chi connectivity index (χ1v) is 7.63. The number of carbonyl (C=O) groups excluding carboxylic acids is 2. The van der Waals surface area contributed by atoms with Gasteiger partial charge in [0.15, 0.2) is 0 Å². The average Bonchev–Trinajstić information content (AvgIpc) is 2.51. The molecular weight excluding hydrogens is 264 g/mol. The molecule has 0 radical (unpaired) electrons. The van der Waals surface area contributed by atoms with Crippen molar-refractivity contribution in [3.05, 3.63) is 35.9 Å². The van der Waals surface area contributed by atoms with Crippen LogP contribution in [0.3, 0.4) is 0 Å². The zero-order valence-electron chi connectivity index (χ0n) is 13.4. The molecule has 4 heteroatoms. The fraction of sp³-hybridized carbons (Fsp3) is 0.529. The molecular formula is C17H26N2O2. The van der Waals surface area contributed by atoms with E-state index in [4.69, 9.17) is 0 Å². The van der Waals surface area contributed by atoms with Gasteiger partial charge in [-0.15, -0.1) is 0 Å². The highest BCUT2D eigenvalue weighted by Gasteiger charge is 2.25. The Hall–Kier alpha value is -1.84. The molecule has 0 aliphatic carbocycles. The van der Waals surface area contributed by atoms with E-state index in [0.29, 0.717) is 13.0 Å². The van der Waals surface area contributed by atoms with E-state index in [0.717, 1.165) is 12.0 Å². The number of hydrogen-bond donors (Lipinski definition) is 1. The molecule has 0 aliphatic rings. The SMILES string of the molecule is CCC(=O)N(Cc1ccccc1)[C@@H](C)C(=O)N[C@H](C)CC. The summed E-state index contributed by atoms with van der Waals surface area (Å²) in [4.78, 5) is 26.1. The Morgan fingerprint density at radius 3 is 2.29 bits per heavy atom. The lowest BCUT2D eigenvalue weighted by molar-refractivity contribution is -0.140. The van der Waals surface area contributed by atoms with Crippen LogP contribution in [0.4, 0.5) is 0 Å². The standard InChI is InChI=1S/C17H26N2O2/c1-5-13(3)18-17(21)14(4)19(16(20)6-2)12-15-10-8-7-9-11-15/h7-11,13-14H,5-6,12H2,1-4H3,(H,18,21)/t13-,14+/m1/s1. The number of carbonyl (C=O) groups is 2. The van der Waals surface area contributed by atoms with E-state index in [1.165, 1.54) is 0 Å². The third-order valence-electron chi connectivity index (χ3n) is 3.67. The van der Waals surface area contributed by atoms with Gasteiger partial charge in [-0.2, -0.15) is 0 Å². The lowest BCUT2D eigenvalue weighted by Gasteiger charge is -2.29. The number of amides is 2. The second-order valence-corrected chi connectivity index (χ2v) is 5.35. The maximum Gasteiger partial charge on any atom is 0.242 e. The van der Waals surface area contributed by atoms with Crippen molar-refractivity contribution in [2.75, 3.05) is 0 Å². The molecule has 4 nitrogen and oxygen atoms in total. The summed E-state index contributed by atoms with van der Waals surface area (Å²) in [5.74, 6) is -0.104. The van der Waals surface area contributed by atoms with Crippen LogP contribution in [0.25, 0.3) is 0 Å². The van der Waals surface area contributed by atoms with Gasteiger partial charge in [-0.25, -0.2) is 0 Å². The van der Waals surface area contributed by atoms with Crippen molar-refractivity contribution in [3.8, 4) is 0 Å². The quantitative estimate of drug-likeness (QED) is 0.839. The van der Waals surface area contributed by atoms with Crippen LogP contribution >= 0.6 is 0 Å². The molecule has 0 heterocycles. The third-order valence-corrected chi connectivity index (χ3v) is 3.67. The van der Waals surface area contributed by atoms with Crippen LogP contribution in [0.1, 0.15) is 46.1 Å². The molecule has 0 saturated heterocycles. The Kier molecular flexibility index (Phi) is 6.92. The van der Waals surface area contributed by atoms with E-state index in [1.54, 1.807) is 11.8 Å². The number of nitrogens with zero attached hydrogens (tertiary/aromatic N) is 1. The molecule has 1 N–H and O–H groups in total. The van der Waals surface area contributed by atoms with E-state index < -0.39 is 6.04 Å². The molecule has 0 spiro atoms. The number of hydrogen-bond acceptors (Lipinski definition) is 2. The minimum atomic E-state index is -0.466. The maximum atomic E-state index is 12.3. The summed E-state index contributed by atoms with van der Waals surface area (Å²) >= 11 is 0.